The summed E-state index contributed by atoms with van der Waals surface area (Å²) < 4.78 is 0. The zero-order valence-corrected chi connectivity index (χ0v) is 11.9. The van der Waals surface area contributed by atoms with Gasteiger partial charge >= 0.3 is 0 Å². The third kappa shape index (κ3) is 1.70. The van der Waals surface area contributed by atoms with Crippen LogP contribution in [0.1, 0.15) is 41.5 Å². The molecule has 2 saturated heterocycles. The van der Waals surface area contributed by atoms with Crippen LogP contribution in [0.4, 0.5) is 0 Å². The maximum Gasteiger partial charge on any atom is 0.00567 e. The molecule has 0 aromatic rings. The molecule has 2 nitrogen and oxygen atoms in total. The molecule has 0 unspecified atom stereocenters. The molecule has 2 fully saturated rings. The normalized spacial score (nSPS) is 41.2. The Hall–Kier alpha value is -0.0800. The van der Waals surface area contributed by atoms with Crippen LogP contribution >= 0.6 is 0 Å². The standard InChI is InChI=1S/C14H28N2/c1-11(2)15-7-13(5)9-16(12(3)4)10-14(13,6)8-15/h11-12H,7-10H2,1-6H3/t13-,14+. The SMILES string of the molecule is CC(C)N1C[C@]2(C)CN(C(C)C)C[C@]2(C)C1. The Morgan fingerprint density at radius 1 is 0.688 bits per heavy atom. The molecule has 0 aliphatic carbocycles. The van der Waals surface area contributed by atoms with Crippen molar-refractivity contribution in [2.45, 2.75) is 53.6 Å². The predicted molar refractivity (Wildman–Crippen MR) is 69.6 cm³/mol. The van der Waals surface area contributed by atoms with Gasteiger partial charge < -0.3 is 0 Å². The Morgan fingerprint density at radius 3 is 1.12 bits per heavy atom. The van der Waals surface area contributed by atoms with Crippen LogP contribution in [-0.4, -0.2) is 48.1 Å². The van der Waals surface area contributed by atoms with Gasteiger partial charge in [0.2, 0.25) is 0 Å². The molecule has 0 bridgehead atoms. The first kappa shape index (κ1) is 12.4. The Kier molecular flexibility index (Phi) is 2.87. The highest BCUT2D eigenvalue weighted by atomic mass is 15.3. The van der Waals surface area contributed by atoms with Crippen LogP contribution in [0.15, 0.2) is 0 Å². The van der Waals surface area contributed by atoms with Gasteiger partial charge in [-0.3, -0.25) is 9.80 Å². The predicted octanol–water partition coefficient (Wildman–Crippen LogP) is 2.45. The van der Waals surface area contributed by atoms with Crippen molar-refractivity contribution < 1.29 is 0 Å². The van der Waals surface area contributed by atoms with Crippen LogP contribution in [0.2, 0.25) is 0 Å². The van der Waals surface area contributed by atoms with Gasteiger partial charge in [-0.1, -0.05) is 13.8 Å². The number of hydrogen-bond acceptors (Lipinski definition) is 2. The number of rotatable bonds is 2. The molecule has 2 aliphatic rings. The second-order valence-corrected chi connectivity index (χ2v) is 7.12. The van der Waals surface area contributed by atoms with Gasteiger partial charge in [-0.25, -0.2) is 0 Å². The average Bonchev–Trinajstić information content (AvgIpc) is 2.50. The molecule has 0 N–H and O–H groups in total. The van der Waals surface area contributed by atoms with Gasteiger partial charge in [0, 0.05) is 49.1 Å². The van der Waals surface area contributed by atoms with E-state index in [1.165, 1.54) is 26.2 Å². The summed E-state index contributed by atoms with van der Waals surface area (Å²) in [5.41, 5.74) is 1.00. The van der Waals surface area contributed by atoms with Crippen molar-refractivity contribution in [1.82, 2.24) is 9.80 Å². The van der Waals surface area contributed by atoms with Gasteiger partial charge in [-0.2, -0.15) is 0 Å². The highest BCUT2D eigenvalue weighted by Crippen LogP contribution is 2.52. The smallest absolute Gasteiger partial charge is 0.00567 e. The van der Waals surface area contributed by atoms with Crippen LogP contribution < -0.4 is 0 Å². The van der Waals surface area contributed by atoms with E-state index in [1.807, 2.05) is 0 Å². The minimum absolute atomic E-state index is 0.502. The minimum atomic E-state index is 0.502. The Labute approximate surface area is 101 Å². The van der Waals surface area contributed by atoms with E-state index in [1.54, 1.807) is 0 Å². The molecule has 0 aromatic heterocycles. The third-order valence-electron chi connectivity index (χ3n) is 5.13. The van der Waals surface area contributed by atoms with Crippen molar-refractivity contribution in [3.8, 4) is 0 Å². The fourth-order valence-corrected chi connectivity index (χ4v) is 3.50. The summed E-state index contributed by atoms with van der Waals surface area (Å²) in [6.07, 6.45) is 0. The van der Waals surface area contributed by atoms with Crippen LogP contribution in [0.3, 0.4) is 0 Å². The Bertz CT molecular complexity index is 230. The van der Waals surface area contributed by atoms with Gasteiger partial charge in [0.25, 0.3) is 0 Å². The largest absolute Gasteiger partial charge is 0.300 e. The van der Waals surface area contributed by atoms with E-state index in [4.69, 9.17) is 0 Å². The second-order valence-electron chi connectivity index (χ2n) is 7.12. The number of hydrogen-bond donors (Lipinski definition) is 0. The summed E-state index contributed by atoms with van der Waals surface area (Å²) in [6, 6.07) is 1.40. The number of likely N-dealkylation sites (tertiary alicyclic amines) is 2. The van der Waals surface area contributed by atoms with Crippen molar-refractivity contribution in [1.29, 1.82) is 0 Å². The molecule has 0 radical (unpaired) electrons. The molecule has 0 atom stereocenters. The summed E-state index contributed by atoms with van der Waals surface area (Å²) in [5, 5.41) is 0. The molecular weight excluding hydrogens is 196 g/mol. The second kappa shape index (κ2) is 3.71. The topological polar surface area (TPSA) is 6.48 Å². The van der Waals surface area contributed by atoms with Gasteiger partial charge in [0.15, 0.2) is 0 Å². The monoisotopic (exact) mass is 224 g/mol. The van der Waals surface area contributed by atoms with Gasteiger partial charge in [-0.05, 0) is 27.7 Å². The van der Waals surface area contributed by atoms with E-state index < -0.39 is 0 Å². The van der Waals surface area contributed by atoms with Crippen LogP contribution in [0.25, 0.3) is 0 Å². The molecule has 2 heterocycles. The first-order valence-corrected chi connectivity index (χ1v) is 6.75. The summed E-state index contributed by atoms with van der Waals surface area (Å²) in [4.78, 5) is 5.33. The fourth-order valence-electron chi connectivity index (χ4n) is 3.50. The quantitative estimate of drug-likeness (QED) is 0.711. The minimum Gasteiger partial charge on any atom is -0.300 e. The first-order valence-electron chi connectivity index (χ1n) is 6.75. The molecular formula is C14H28N2. The summed E-state index contributed by atoms with van der Waals surface area (Å²) in [5.74, 6) is 0. The van der Waals surface area contributed by atoms with Crippen LogP contribution in [0, 0.1) is 10.8 Å². The van der Waals surface area contributed by atoms with Gasteiger partial charge in [0.1, 0.15) is 0 Å². The van der Waals surface area contributed by atoms with E-state index in [9.17, 15) is 0 Å². The molecule has 0 spiro atoms. The number of fused-ring (bicyclic) bond motifs is 1. The molecule has 2 aliphatic heterocycles. The maximum atomic E-state index is 2.66. The van der Waals surface area contributed by atoms with Crippen molar-refractivity contribution in [2.24, 2.45) is 10.8 Å². The summed E-state index contributed by atoms with van der Waals surface area (Å²) in [7, 11) is 0. The summed E-state index contributed by atoms with van der Waals surface area (Å²) in [6.45, 7) is 19.4. The lowest BCUT2D eigenvalue weighted by molar-refractivity contribution is 0.179. The molecule has 2 heteroatoms. The molecule has 16 heavy (non-hydrogen) atoms. The Balaban J connectivity index is 2.15. The lowest BCUT2D eigenvalue weighted by Gasteiger charge is -2.31. The van der Waals surface area contributed by atoms with E-state index in [0.29, 0.717) is 22.9 Å². The first-order chi connectivity index (χ1) is 7.27. The van der Waals surface area contributed by atoms with Crippen LogP contribution in [-0.2, 0) is 0 Å². The van der Waals surface area contributed by atoms with Crippen molar-refractivity contribution in [3.05, 3.63) is 0 Å². The highest BCUT2D eigenvalue weighted by Gasteiger charge is 2.57. The zero-order chi connectivity index (χ0) is 12.1. The van der Waals surface area contributed by atoms with Crippen molar-refractivity contribution >= 4 is 0 Å². The zero-order valence-electron chi connectivity index (χ0n) is 11.9. The van der Waals surface area contributed by atoms with Crippen molar-refractivity contribution in [3.63, 3.8) is 0 Å². The molecule has 2 rings (SSSR count). The Morgan fingerprint density at radius 2 is 0.938 bits per heavy atom. The molecule has 94 valence electrons. The summed E-state index contributed by atoms with van der Waals surface area (Å²) >= 11 is 0. The average molecular weight is 224 g/mol. The van der Waals surface area contributed by atoms with Crippen LogP contribution in [0.5, 0.6) is 0 Å². The van der Waals surface area contributed by atoms with Gasteiger partial charge in [0.05, 0.1) is 0 Å². The molecule has 0 amide bonds. The molecule has 0 saturated carbocycles. The fraction of sp³-hybridized carbons (Fsp3) is 1.00. The lowest BCUT2D eigenvalue weighted by atomic mass is 9.71. The highest BCUT2D eigenvalue weighted by molar-refractivity contribution is 5.10. The van der Waals surface area contributed by atoms with E-state index in [0.717, 1.165) is 0 Å². The van der Waals surface area contributed by atoms with E-state index >= 15 is 0 Å². The third-order valence-corrected chi connectivity index (χ3v) is 5.13. The maximum absolute atomic E-state index is 2.66. The van der Waals surface area contributed by atoms with E-state index in [2.05, 4.69) is 51.3 Å². The van der Waals surface area contributed by atoms with E-state index in [-0.39, 0.29) is 0 Å². The van der Waals surface area contributed by atoms with Gasteiger partial charge in [-0.15, -0.1) is 0 Å². The lowest BCUT2D eigenvalue weighted by Crippen LogP contribution is -2.38. The molecule has 0 aromatic carbocycles. The number of nitrogens with zero attached hydrogens (tertiary/aromatic N) is 2. The van der Waals surface area contributed by atoms with Crippen molar-refractivity contribution in [2.75, 3.05) is 26.2 Å².